The molecule has 84 valence electrons. The number of hydrogen-bond donors (Lipinski definition) is 0. The summed E-state index contributed by atoms with van der Waals surface area (Å²) in [4.78, 5) is -1.64. The Morgan fingerprint density at radius 2 is 2.07 bits per heavy atom. The van der Waals surface area contributed by atoms with E-state index in [4.69, 9.17) is 4.74 Å². The molecule has 0 saturated heterocycles. The van der Waals surface area contributed by atoms with Crippen LogP contribution >= 0.6 is 38.5 Å². The molecule has 0 aromatic heterocycles. The fourth-order valence-electron chi connectivity index (χ4n) is 0.821. The Hall–Kier alpha value is 0.0200. The zero-order valence-electron chi connectivity index (χ0n) is 7.39. The SMILES string of the molecule is FC(F)(F)C(Br)COc1cccc(I)c1. The molecule has 1 unspecified atom stereocenters. The summed E-state index contributed by atoms with van der Waals surface area (Å²) < 4.78 is 42.2. The second kappa shape index (κ2) is 5.38. The van der Waals surface area contributed by atoms with Gasteiger partial charge in [0, 0.05) is 3.57 Å². The van der Waals surface area contributed by atoms with Crippen molar-refractivity contribution in [3.63, 3.8) is 0 Å². The topological polar surface area (TPSA) is 9.23 Å². The van der Waals surface area contributed by atoms with Gasteiger partial charge in [0.25, 0.3) is 0 Å². The first-order chi connectivity index (χ1) is 6.89. The predicted octanol–water partition coefficient (Wildman–Crippen LogP) is 4.00. The van der Waals surface area contributed by atoms with Crippen LogP contribution in [0.3, 0.4) is 0 Å². The molecule has 1 aromatic rings. The van der Waals surface area contributed by atoms with Gasteiger partial charge in [-0.25, -0.2) is 0 Å². The number of rotatable bonds is 3. The zero-order valence-corrected chi connectivity index (χ0v) is 11.1. The average Bonchev–Trinajstić information content (AvgIpc) is 2.12. The largest absolute Gasteiger partial charge is 0.492 e. The highest BCUT2D eigenvalue weighted by Crippen LogP contribution is 2.27. The van der Waals surface area contributed by atoms with E-state index in [9.17, 15) is 13.2 Å². The van der Waals surface area contributed by atoms with Gasteiger partial charge in [-0.3, -0.25) is 0 Å². The lowest BCUT2D eigenvalue weighted by atomic mass is 10.3. The van der Waals surface area contributed by atoms with Crippen molar-refractivity contribution in [2.24, 2.45) is 0 Å². The monoisotopic (exact) mass is 394 g/mol. The summed E-state index contributed by atoms with van der Waals surface area (Å²) in [5.74, 6) is 0.440. The zero-order chi connectivity index (χ0) is 11.5. The van der Waals surface area contributed by atoms with Crippen molar-refractivity contribution < 1.29 is 17.9 Å². The van der Waals surface area contributed by atoms with Crippen LogP contribution in [0, 0.1) is 3.57 Å². The van der Waals surface area contributed by atoms with Gasteiger partial charge in [0.2, 0.25) is 0 Å². The molecular weight excluding hydrogens is 388 g/mol. The summed E-state index contributed by atoms with van der Waals surface area (Å²) in [5, 5.41) is 0. The summed E-state index contributed by atoms with van der Waals surface area (Å²) in [6.45, 7) is -0.427. The Bertz CT molecular complexity index is 329. The first-order valence-corrected chi connectivity index (χ1v) is 5.98. The van der Waals surface area contributed by atoms with Crippen LogP contribution in [-0.4, -0.2) is 17.6 Å². The third-order valence-electron chi connectivity index (χ3n) is 1.55. The van der Waals surface area contributed by atoms with Crippen molar-refractivity contribution in [1.82, 2.24) is 0 Å². The normalized spacial score (nSPS) is 13.7. The van der Waals surface area contributed by atoms with E-state index in [1.807, 2.05) is 6.07 Å². The summed E-state index contributed by atoms with van der Waals surface area (Å²) in [5.41, 5.74) is 0. The molecule has 0 saturated carbocycles. The van der Waals surface area contributed by atoms with Crippen molar-refractivity contribution in [3.8, 4) is 5.75 Å². The Kier molecular flexibility index (Phi) is 4.69. The molecule has 6 heteroatoms. The van der Waals surface area contributed by atoms with Crippen molar-refractivity contribution >= 4 is 38.5 Å². The van der Waals surface area contributed by atoms with Gasteiger partial charge in [-0.1, -0.05) is 22.0 Å². The van der Waals surface area contributed by atoms with Crippen molar-refractivity contribution in [2.45, 2.75) is 11.0 Å². The molecule has 0 spiro atoms. The maximum absolute atomic E-state index is 12.1. The lowest BCUT2D eigenvalue weighted by Crippen LogP contribution is -2.28. The molecule has 0 heterocycles. The number of alkyl halides is 4. The van der Waals surface area contributed by atoms with E-state index in [1.54, 1.807) is 18.2 Å². The number of halogens is 5. The molecule has 0 bridgehead atoms. The van der Waals surface area contributed by atoms with Gasteiger partial charge >= 0.3 is 6.18 Å². The van der Waals surface area contributed by atoms with Crippen molar-refractivity contribution in [2.75, 3.05) is 6.61 Å². The van der Waals surface area contributed by atoms with Crippen LogP contribution < -0.4 is 4.74 Å². The van der Waals surface area contributed by atoms with E-state index >= 15 is 0 Å². The van der Waals surface area contributed by atoms with Gasteiger partial charge in [-0.2, -0.15) is 13.2 Å². The average molecular weight is 395 g/mol. The molecule has 0 fully saturated rings. The van der Waals surface area contributed by atoms with Crippen LogP contribution in [0.1, 0.15) is 0 Å². The number of ether oxygens (including phenoxy) is 1. The highest BCUT2D eigenvalue weighted by Gasteiger charge is 2.38. The molecule has 0 N–H and O–H groups in total. The van der Waals surface area contributed by atoms with Crippen LogP contribution in [0.25, 0.3) is 0 Å². The minimum atomic E-state index is -4.28. The highest BCUT2D eigenvalue weighted by atomic mass is 127. The van der Waals surface area contributed by atoms with Gasteiger partial charge in [0.15, 0.2) is 0 Å². The molecule has 15 heavy (non-hydrogen) atoms. The Labute approximate surface area is 107 Å². The molecular formula is C9H7BrF3IO. The van der Waals surface area contributed by atoms with Crippen molar-refractivity contribution in [3.05, 3.63) is 27.8 Å². The van der Waals surface area contributed by atoms with E-state index in [0.29, 0.717) is 5.75 Å². The Balaban J connectivity index is 2.51. The molecule has 0 aliphatic carbocycles. The Morgan fingerprint density at radius 3 is 2.60 bits per heavy atom. The fourth-order valence-corrected chi connectivity index (χ4v) is 1.47. The standard InChI is InChI=1S/C9H7BrF3IO/c10-8(9(11,12)13)5-15-7-3-1-2-6(14)4-7/h1-4,8H,5H2. The first-order valence-electron chi connectivity index (χ1n) is 3.99. The van der Waals surface area contributed by atoms with E-state index in [0.717, 1.165) is 3.57 Å². The van der Waals surface area contributed by atoms with E-state index in [1.165, 1.54) is 0 Å². The Morgan fingerprint density at radius 1 is 1.40 bits per heavy atom. The number of hydrogen-bond acceptors (Lipinski definition) is 1. The second-order valence-corrected chi connectivity index (χ2v) is 5.13. The van der Waals surface area contributed by atoms with Gasteiger partial charge < -0.3 is 4.74 Å². The summed E-state index contributed by atoms with van der Waals surface area (Å²) in [7, 11) is 0. The summed E-state index contributed by atoms with van der Waals surface area (Å²) in [6, 6.07) is 6.87. The molecule has 0 radical (unpaired) electrons. The number of benzene rings is 1. The predicted molar refractivity (Wildman–Crippen MR) is 63.4 cm³/mol. The summed E-state index contributed by atoms with van der Waals surface area (Å²) in [6.07, 6.45) is -4.28. The first kappa shape index (κ1) is 13.1. The fraction of sp³-hybridized carbons (Fsp3) is 0.333. The van der Waals surface area contributed by atoms with E-state index in [-0.39, 0.29) is 0 Å². The van der Waals surface area contributed by atoms with Crippen LogP contribution in [0.2, 0.25) is 0 Å². The van der Waals surface area contributed by atoms with Crippen LogP contribution in [0.15, 0.2) is 24.3 Å². The lowest BCUT2D eigenvalue weighted by molar-refractivity contribution is -0.132. The second-order valence-electron chi connectivity index (χ2n) is 2.78. The van der Waals surface area contributed by atoms with E-state index < -0.39 is 17.6 Å². The third-order valence-corrected chi connectivity index (χ3v) is 3.00. The van der Waals surface area contributed by atoms with Crippen molar-refractivity contribution in [1.29, 1.82) is 0 Å². The minimum Gasteiger partial charge on any atom is -0.492 e. The molecule has 1 aromatic carbocycles. The van der Waals surface area contributed by atoms with Crippen LogP contribution in [0.5, 0.6) is 5.75 Å². The smallest absolute Gasteiger partial charge is 0.404 e. The quantitative estimate of drug-likeness (QED) is 0.556. The maximum atomic E-state index is 12.1. The molecule has 0 amide bonds. The third kappa shape index (κ3) is 4.58. The maximum Gasteiger partial charge on any atom is 0.404 e. The summed E-state index contributed by atoms with van der Waals surface area (Å²) >= 11 is 4.59. The highest BCUT2D eigenvalue weighted by molar-refractivity contribution is 14.1. The minimum absolute atomic E-state index is 0.427. The van der Waals surface area contributed by atoms with E-state index in [2.05, 4.69) is 38.5 Å². The lowest BCUT2D eigenvalue weighted by Gasteiger charge is -2.14. The van der Waals surface area contributed by atoms with Crippen LogP contribution in [-0.2, 0) is 0 Å². The van der Waals surface area contributed by atoms with Gasteiger partial charge in [0.1, 0.15) is 17.2 Å². The van der Waals surface area contributed by atoms with Gasteiger partial charge in [-0.15, -0.1) is 0 Å². The van der Waals surface area contributed by atoms with Gasteiger partial charge in [0.05, 0.1) is 0 Å². The molecule has 1 atom stereocenters. The molecule has 1 rings (SSSR count). The molecule has 0 aliphatic rings. The molecule has 1 nitrogen and oxygen atoms in total. The van der Waals surface area contributed by atoms with Gasteiger partial charge in [-0.05, 0) is 40.8 Å². The molecule has 0 aliphatic heterocycles. The van der Waals surface area contributed by atoms with Crippen LogP contribution in [0.4, 0.5) is 13.2 Å².